The monoisotopic (exact) mass is 298 g/mol. The summed E-state index contributed by atoms with van der Waals surface area (Å²) in [7, 11) is 0. The second kappa shape index (κ2) is 4.70. The first-order chi connectivity index (χ1) is 5.33. The molecule has 0 fully saturated rings. The lowest BCUT2D eigenvalue weighted by atomic mass is 10.3. The molecular formula is C8H16Br2N2. The maximum absolute atomic E-state index is 4.21. The van der Waals surface area contributed by atoms with E-state index in [0.717, 1.165) is 12.8 Å². The predicted molar refractivity (Wildman–Crippen MR) is 60.1 cm³/mol. The van der Waals surface area contributed by atoms with Crippen LogP contribution in [0.3, 0.4) is 0 Å². The molecule has 0 N–H and O–H groups in total. The molecule has 2 unspecified atom stereocenters. The Morgan fingerprint density at radius 1 is 0.917 bits per heavy atom. The molecule has 0 radical (unpaired) electrons. The quantitative estimate of drug-likeness (QED) is 0.415. The van der Waals surface area contributed by atoms with Gasteiger partial charge in [0, 0.05) is 0 Å². The average molecular weight is 300 g/mol. The third-order valence-corrected chi connectivity index (χ3v) is 3.20. The molecule has 0 rings (SSSR count). The van der Waals surface area contributed by atoms with Gasteiger partial charge in [-0.25, -0.2) is 0 Å². The third kappa shape index (κ3) is 5.25. The van der Waals surface area contributed by atoms with E-state index >= 15 is 0 Å². The maximum atomic E-state index is 4.21. The smallest absolute Gasteiger partial charge is 0.133 e. The Labute approximate surface area is 91.5 Å². The van der Waals surface area contributed by atoms with Gasteiger partial charge in [0.05, 0.1) is 0 Å². The van der Waals surface area contributed by atoms with Crippen LogP contribution in [0.5, 0.6) is 0 Å². The minimum atomic E-state index is -0.211. The number of halogens is 2. The molecule has 0 spiro atoms. The molecule has 0 bridgehead atoms. The molecule has 0 aromatic rings. The highest BCUT2D eigenvalue weighted by molar-refractivity contribution is 9.10. The Bertz CT molecular complexity index is 146. The number of hydrogen-bond donors (Lipinski definition) is 0. The second-order valence-corrected chi connectivity index (χ2v) is 6.61. The second-order valence-electron chi connectivity index (χ2n) is 3.19. The van der Waals surface area contributed by atoms with Crippen LogP contribution < -0.4 is 0 Å². The molecule has 0 aromatic heterocycles. The molecule has 72 valence electrons. The first-order valence-corrected chi connectivity index (χ1v) is 5.73. The Kier molecular flexibility index (Phi) is 4.92. The molecule has 0 aromatic carbocycles. The number of rotatable bonds is 4. The van der Waals surface area contributed by atoms with Crippen molar-refractivity contribution < 1.29 is 0 Å². The van der Waals surface area contributed by atoms with E-state index in [1.165, 1.54) is 0 Å². The molecule has 0 amide bonds. The summed E-state index contributed by atoms with van der Waals surface area (Å²) >= 11 is 6.96. The summed E-state index contributed by atoms with van der Waals surface area (Å²) in [5.74, 6) is 0. The fraction of sp³-hybridized carbons (Fsp3) is 1.00. The van der Waals surface area contributed by atoms with Crippen molar-refractivity contribution in [3.8, 4) is 0 Å². The fourth-order valence-electron chi connectivity index (χ4n) is 0.350. The van der Waals surface area contributed by atoms with Gasteiger partial charge in [0.25, 0.3) is 0 Å². The summed E-state index contributed by atoms with van der Waals surface area (Å²) in [4.78, 5) is 0. The van der Waals surface area contributed by atoms with Gasteiger partial charge in [0.15, 0.2) is 0 Å². The van der Waals surface area contributed by atoms with Crippen LogP contribution >= 0.6 is 31.9 Å². The predicted octanol–water partition coefficient (Wildman–Crippen LogP) is 4.48. The minimum absolute atomic E-state index is 0.211. The van der Waals surface area contributed by atoms with Gasteiger partial charge in [-0.15, -0.1) is 0 Å². The van der Waals surface area contributed by atoms with E-state index in [-0.39, 0.29) is 8.90 Å². The van der Waals surface area contributed by atoms with Gasteiger partial charge in [0.1, 0.15) is 8.90 Å². The maximum Gasteiger partial charge on any atom is 0.133 e. The topological polar surface area (TPSA) is 24.7 Å². The van der Waals surface area contributed by atoms with Crippen LogP contribution in [0, 0.1) is 0 Å². The van der Waals surface area contributed by atoms with Gasteiger partial charge in [0.2, 0.25) is 0 Å². The lowest BCUT2D eigenvalue weighted by molar-refractivity contribution is 0.552. The van der Waals surface area contributed by atoms with Gasteiger partial charge in [-0.3, -0.25) is 0 Å². The van der Waals surface area contributed by atoms with Crippen LogP contribution in [0.25, 0.3) is 0 Å². The SMILES string of the molecule is CCC(C)(Br)N=NC(C)(Br)CC. The first-order valence-electron chi connectivity index (χ1n) is 4.15. The normalized spacial score (nSPS) is 22.2. The molecule has 2 atom stereocenters. The number of azo groups is 1. The van der Waals surface area contributed by atoms with Gasteiger partial charge in [-0.1, -0.05) is 45.7 Å². The van der Waals surface area contributed by atoms with Crippen molar-refractivity contribution in [1.29, 1.82) is 0 Å². The Morgan fingerprint density at radius 2 is 1.17 bits per heavy atom. The van der Waals surface area contributed by atoms with E-state index in [9.17, 15) is 0 Å². The zero-order valence-corrected chi connectivity index (χ0v) is 11.2. The van der Waals surface area contributed by atoms with E-state index in [1.54, 1.807) is 0 Å². The van der Waals surface area contributed by atoms with Gasteiger partial charge < -0.3 is 0 Å². The highest BCUT2D eigenvalue weighted by Crippen LogP contribution is 2.29. The van der Waals surface area contributed by atoms with Gasteiger partial charge >= 0.3 is 0 Å². The zero-order valence-electron chi connectivity index (χ0n) is 8.06. The molecule has 0 aliphatic heterocycles. The van der Waals surface area contributed by atoms with Gasteiger partial charge in [-0.2, -0.15) is 10.2 Å². The van der Waals surface area contributed by atoms with Crippen molar-refractivity contribution in [2.24, 2.45) is 10.2 Å². The molecule has 4 heteroatoms. The summed E-state index contributed by atoms with van der Waals surface area (Å²) in [5.41, 5.74) is 0. The Hall–Kier alpha value is 0.560. The molecule has 2 nitrogen and oxygen atoms in total. The highest BCUT2D eigenvalue weighted by atomic mass is 79.9. The largest absolute Gasteiger partial charge is 0.175 e. The van der Waals surface area contributed by atoms with E-state index in [1.807, 2.05) is 13.8 Å². The van der Waals surface area contributed by atoms with Crippen LogP contribution in [0.2, 0.25) is 0 Å². The molecule has 0 aliphatic rings. The zero-order chi connectivity index (χ0) is 9.83. The van der Waals surface area contributed by atoms with Crippen molar-refractivity contribution in [3.05, 3.63) is 0 Å². The van der Waals surface area contributed by atoms with Crippen LogP contribution in [0.15, 0.2) is 10.2 Å². The summed E-state index contributed by atoms with van der Waals surface area (Å²) in [6.45, 7) is 8.17. The van der Waals surface area contributed by atoms with Crippen LogP contribution in [0.1, 0.15) is 40.5 Å². The van der Waals surface area contributed by atoms with Crippen LogP contribution in [-0.2, 0) is 0 Å². The van der Waals surface area contributed by atoms with E-state index in [4.69, 9.17) is 0 Å². The van der Waals surface area contributed by atoms with Crippen LogP contribution in [0.4, 0.5) is 0 Å². The Balaban J connectivity index is 4.23. The van der Waals surface area contributed by atoms with E-state index in [0.29, 0.717) is 0 Å². The number of nitrogens with zero attached hydrogens (tertiary/aromatic N) is 2. The van der Waals surface area contributed by atoms with Crippen molar-refractivity contribution in [2.45, 2.75) is 49.4 Å². The van der Waals surface area contributed by atoms with Crippen molar-refractivity contribution >= 4 is 31.9 Å². The van der Waals surface area contributed by atoms with E-state index < -0.39 is 0 Å². The lowest BCUT2D eigenvalue weighted by Gasteiger charge is -2.17. The number of alkyl halides is 2. The fourth-order valence-corrected chi connectivity index (χ4v) is 0.509. The lowest BCUT2D eigenvalue weighted by Crippen LogP contribution is -2.14. The third-order valence-electron chi connectivity index (χ3n) is 1.76. The van der Waals surface area contributed by atoms with Crippen molar-refractivity contribution in [3.63, 3.8) is 0 Å². The first kappa shape index (κ1) is 12.6. The van der Waals surface area contributed by atoms with Crippen LogP contribution in [-0.4, -0.2) is 8.90 Å². The number of hydrogen-bond acceptors (Lipinski definition) is 2. The molecule has 0 saturated carbocycles. The van der Waals surface area contributed by atoms with Crippen molar-refractivity contribution in [2.75, 3.05) is 0 Å². The summed E-state index contributed by atoms with van der Waals surface area (Å²) < 4.78 is -0.422. The van der Waals surface area contributed by atoms with E-state index in [2.05, 4.69) is 55.9 Å². The minimum Gasteiger partial charge on any atom is -0.175 e. The molecule has 0 saturated heterocycles. The molecular weight excluding hydrogens is 284 g/mol. The highest BCUT2D eigenvalue weighted by Gasteiger charge is 2.20. The Morgan fingerprint density at radius 3 is 1.33 bits per heavy atom. The van der Waals surface area contributed by atoms with Gasteiger partial charge in [-0.05, 0) is 26.7 Å². The molecule has 0 aliphatic carbocycles. The molecule has 0 heterocycles. The average Bonchev–Trinajstić information content (AvgIpc) is 2.02. The summed E-state index contributed by atoms with van der Waals surface area (Å²) in [5, 5.41) is 8.42. The summed E-state index contributed by atoms with van der Waals surface area (Å²) in [6.07, 6.45) is 1.87. The molecule has 12 heavy (non-hydrogen) atoms. The standard InChI is InChI=1S/C8H16Br2N2/c1-5-7(3,9)11-12-8(4,10)6-2/h5-6H2,1-4H3. The van der Waals surface area contributed by atoms with Crippen molar-refractivity contribution in [1.82, 2.24) is 0 Å². The summed E-state index contributed by atoms with van der Waals surface area (Å²) in [6, 6.07) is 0.